The number of thioether (sulfide) groups is 2. The number of halogens is 1. The van der Waals surface area contributed by atoms with E-state index in [-0.39, 0.29) is 11.7 Å². The van der Waals surface area contributed by atoms with Gasteiger partial charge in [0.25, 0.3) is 0 Å². The number of amides is 1. The van der Waals surface area contributed by atoms with Crippen molar-refractivity contribution in [2.75, 3.05) is 35.9 Å². The average molecular weight is 640 g/mol. The summed E-state index contributed by atoms with van der Waals surface area (Å²) in [7, 11) is 1.66. The first kappa shape index (κ1) is 25.9. The molecule has 1 amide bonds. The maximum Gasteiger partial charge on any atom is 0.236 e. The van der Waals surface area contributed by atoms with E-state index in [9.17, 15) is 4.79 Å². The Morgan fingerprint density at radius 1 is 1.06 bits per heavy atom. The summed E-state index contributed by atoms with van der Waals surface area (Å²) in [5.41, 5.74) is 1.93. The van der Waals surface area contributed by atoms with E-state index >= 15 is 0 Å². The summed E-state index contributed by atoms with van der Waals surface area (Å²) < 4.78 is 8.97. The minimum Gasteiger partial charge on any atom is -0.384 e. The van der Waals surface area contributed by atoms with Gasteiger partial charge in [0.2, 0.25) is 11.0 Å². The Morgan fingerprint density at radius 2 is 1.86 bits per heavy atom. The van der Waals surface area contributed by atoms with Crippen LogP contribution in [0.1, 0.15) is 5.82 Å². The third-order valence-corrected chi connectivity index (χ3v) is 8.09. The minimum absolute atomic E-state index is 0.168. The van der Waals surface area contributed by atoms with Gasteiger partial charge >= 0.3 is 0 Å². The highest BCUT2D eigenvalue weighted by Crippen LogP contribution is 2.26. The van der Waals surface area contributed by atoms with Crippen LogP contribution in [0, 0.1) is 3.57 Å². The fraction of sp³-hybridized carbons (Fsp3) is 0.227. The topological polar surface area (TPSA) is 107 Å². The number of rotatable bonds is 12. The molecule has 4 rings (SSSR count). The highest BCUT2D eigenvalue weighted by Gasteiger charge is 2.17. The molecule has 0 radical (unpaired) electrons. The number of hydrogen-bond acceptors (Lipinski definition) is 10. The standard InChI is InChI=1S/C22H22IN7O2S3/c1-32-11-12-33-22-29-27-20(35-22)25-19(31)14-34-21-28-26-18(30(21)17-5-3-2-4-6-17)13-24-16-9-7-15(23)8-10-16/h2-10,24H,11-14H2,1H3,(H,25,27,31). The van der Waals surface area contributed by atoms with Gasteiger partial charge in [0.1, 0.15) is 0 Å². The second-order valence-electron chi connectivity index (χ2n) is 6.98. The van der Waals surface area contributed by atoms with Crippen LogP contribution in [-0.4, -0.2) is 56.1 Å². The highest BCUT2D eigenvalue weighted by atomic mass is 127. The van der Waals surface area contributed by atoms with E-state index in [1.807, 2.05) is 59.2 Å². The van der Waals surface area contributed by atoms with E-state index in [4.69, 9.17) is 4.74 Å². The molecule has 0 aliphatic rings. The van der Waals surface area contributed by atoms with Crippen LogP contribution < -0.4 is 10.6 Å². The molecule has 2 N–H and O–H groups in total. The quantitative estimate of drug-likeness (QED) is 0.0979. The monoisotopic (exact) mass is 639 g/mol. The summed E-state index contributed by atoms with van der Waals surface area (Å²) in [6, 6.07) is 18.0. The van der Waals surface area contributed by atoms with Crippen molar-refractivity contribution < 1.29 is 9.53 Å². The van der Waals surface area contributed by atoms with Crippen molar-refractivity contribution in [3.8, 4) is 5.69 Å². The first-order chi connectivity index (χ1) is 17.1. The van der Waals surface area contributed by atoms with Crippen molar-refractivity contribution in [3.05, 3.63) is 64.0 Å². The highest BCUT2D eigenvalue weighted by molar-refractivity contribution is 14.1. The predicted octanol–water partition coefficient (Wildman–Crippen LogP) is 4.80. The molecule has 0 aliphatic carbocycles. The Morgan fingerprint density at radius 3 is 2.63 bits per heavy atom. The molecule has 9 nitrogen and oxygen atoms in total. The Balaban J connectivity index is 1.40. The fourth-order valence-corrected chi connectivity index (χ4v) is 5.78. The molecule has 0 unspecified atom stereocenters. The number of benzene rings is 2. The van der Waals surface area contributed by atoms with Crippen molar-refractivity contribution in [3.63, 3.8) is 0 Å². The lowest BCUT2D eigenvalue weighted by Crippen LogP contribution is -2.14. The molecule has 0 fully saturated rings. The van der Waals surface area contributed by atoms with Gasteiger partial charge < -0.3 is 10.1 Å². The van der Waals surface area contributed by atoms with Gasteiger partial charge in [0, 0.05) is 27.8 Å². The lowest BCUT2D eigenvalue weighted by molar-refractivity contribution is -0.113. The number of aromatic nitrogens is 5. The number of nitrogens with zero attached hydrogens (tertiary/aromatic N) is 5. The first-order valence-corrected chi connectivity index (χ1v) is 14.4. The molecule has 0 saturated carbocycles. The van der Waals surface area contributed by atoms with E-state index in [1.165, 1.54) is 26.7 Å². The number of para-hydroxylation sites is 1. The summed E-state index contributed by atoms with van der Waals surface area (Å²) in [4.78, 5) is 12.6. The van der Waals surface area contributed by atoms with Gasteiger partial charge in [-0.3, -0.25) is 14.7 Å². The fourth-order valence-electron chi connectivity index (χ4n) is 2.91. The number of carbonyl (C=O) groups is 1. The number of hydrogen-bond donors (Lipinski definition) is 2. The van der Waals surface area contributed by atoms with Crippen LogP contribution in [0.15, 0.2) is 64.1 Å². The van der Waals surface area contributed by atoms with E-state index < -0.39 is 0 Å². The lowest BCUT2D eigenvalue weighted by Gasteiger charge is -2.11. The minimum atomic E-state index is -0.180. The van der Waals surface area contributed by atoms with Crippen LogP contribution in [0.2, 0.25) is 0 Å². The SMILES string of the molecule is COCCSc1nnc(NC(=O)CSc2nnc(CNc3ccc(I)cc3)n2-c2ccccc2)s1. The van der Waals surface area contributed by atoms with E-state index in [2.05, 4.69) is 53.6 Å². The number of methoxy groups -OCH3 is 1. The van der Waals surface area contributed by atoms with Gasteiger partial charge in [-0.15, -0.1) is 20.4 Å². The normalized spacial score (nSPS) is 10.9. The summed E-state index contributed by atoms with van der Waals surface area (Å²) >= 11 is 6.49. The molecule has 2 heterocycles. The number of nitrogens with one attached hydrogen (secondary N) is 2. The molecule has 4 aromatic rings. The number of carbonyl (C=O) groups excluding carboxylic acids is 1. The summed E-state index contributed by atoms with van der Waals surface area (Å²) in [6.07, 6.45) is 0. The zero-order valence-corrected chi connectivity index (χ0v) is 23.3. The van der Waals surface area contributed by atoms with Gasteiger partial charge in [-0.2, -0.15) is 0 Å². The Kier molecular flexibility index (Phi) is 9.76. The van der Waals surface area contributed by atoms with Gasteiger partial charge in [0.05, 0.1) is 18.9 Å². The van der Waals surface area contributed by atoms with Crippen molar-refractivity contribution in [2.45, 2.75) is 16.0 Å². The second-order valence-corrected chi connectivity index (χ2v) is 11.5. The summed E-state index contributed by atoms with van der Waals surface area (Å²) in [5, 5.41) is 24.2. The smallest absolute Gasteiger partial charge is 0.236 e. The predicted molar refractivity (Wildman–Crippen MR) is 150 cm³/mol. The van der Waals surface area contributed by atoms with Crippen molar-refractivity contribution in [2.24, 2.45) is 0 Å². The van der Waals surface area contributed by atoms with Crippen molar-refractivity contribution >= 4 is 74.2 Å². The van der Waals surface area contributed by atoms with Crippen LogP contribution in [-0.2, 0) is 16.1 Å². The molecule has 0 saturated heterocycles. The maximum absolute atomic E-state index is 12.6. The lowest BCUT2D eigenvalue weighted by atomic mass is 10.3. The average Bonchev–Trinajstić information content (AvgIpc) is 3.49. The van der Waals surface area contributed by atoms with Gasteiger partial charge in [0.15, 0.2) is 15.3 Å². The van der Waals surface area contributed by atoms with Crippen molar-refractivity contribution in [1.29, 1.82) is 0 Å². The largest absolute Gasteiger partial charge is 0.384 e. The van der Waals surface area contributed by atoms with Crippen LogP contribution in [0.25, 0.3) is 5.69 Å². The molecular formula is C22H22IN7O2S3. The van der Waals surface area contributed by atoms with E-state index in [1.54, 1.807) is 18.9 Å². The molecule has 35 heavy (non-hydrogen) atoms. The molecule has 0 bridgehead atoms. The molecule has 182 valence electrons. The van der Waals surface area contributed by atoms with Gasteiger partial charge in [-0.1, -0.05) is 53.1 Å². The Hall–Kier alpha value is -2.20. The van der Waals surface area contributed by atoms with Crippen molar-refractivity contribution in [1.82, 2.24) is 25.0 Å². The first-order valence-electron chi connectivity index (χ1n) is 10.5. The molecule has 2 aromatic heterocycles. The van der Waals surface area contributed by atoms with Crippen LogP contribution in [0.3, 0.4) is 0 Å². The summed E-state index contributed by atoms with van der Waals surface area (Å²) in [5.74, 6) is 1.52. The Bertz CT molecular complexity index is 1240. The van der Waals surface area contributed by atoms with Gasteiger partial charge in [-0.25, -0.2) is 0 Å². The third kappa shape index (κ3) is 7.64. The van der Waals surface area contributed by atoms with Crippen LogP contribution >= 0.6 is 57.5 Å². The number of ether oxygens (including phenoxy) is 1. The molecular weight excluding hydrogens is 617 g/mol. The third-order valence-electron chi connectivity index (χ3n) is 4.51. The molecule has 0 aliphatic heterocycles. The van der Waals surface area contributed by atoms with Gasteiger partial charge in [-0.05, 0) is 59.0 Å². The molecule has 13 heteroatoms. The second kappa shape index (κ2) is 13.2. The zero-order valence-electron chi connectivity index (χ0n) is 18.7. The Labute approximate surface area is 229 Å². The van der Waals surface area contributed by atoms with E-state index in [0.29, 0.717) is 23.4 Å². The zero-order chi connectivity index (χ0) is 24.5. The number of anilines is 2. The van der Waals surface area contributed by atoms with Crippen LogP contribution in [0.5, 0.6) is 0 Å². The molecule has 2 aromatic carbocycles. The maximum atomic E-state index is 12.6. The molecule has 0 atom stereocenters. The van der Waals surface area contributed by atoms with E-state index in [0.717, 1.165) is 27.3 Å². The van der Waals surface area contributed by atoms with Crippen LogP contribution in [0.4, 0.5) is 10.8 Å². The molecule has 0 spiro atoms. The summed E-state index contributed by atoms with van der Waals surface area (Å²) in [6.45, 7) is 1.12.